The van der Waals surface area contributed by atoms with Crippen molar-refractivity contribution in [2.24, 2.45) is 0 Å². The Morgan fingerprint density at radius 1 is 1.10 bits per heavy atom. The second-order valence-electron chi connectivity index (χ2n) is 4.73. The maximum absolute atomic E-state index is 5.97. The standard InChI is InChI=1S/C17H15BrN2O/c1-19-11-14-10-12-4-2-3-5-16(12)17(20-14)21-15-8-6-13(18)7-9-15/h2-10,19H,11H2,1H3. The molecular weight excluding hydrogens is 328 g/mol. The predicted octanol–water partition coefficient (Wildman–Crippen LogP) is 4.51. The predicted molar refractivity (Wildman–Crippen MR) is 88.7 cm³/mol. The molecule has 106 valence electrons. The van der Waals surface area contributed by atoms with E-state index in [2.05, 4.69) is 38.4 Å². The number of fused-ring (bicyclic) bond motifs is 1. The summed E-state index contributed by atoms with van der Waals surface area (Å²) in [6.07, 6.45) is 0. The summed E-state index contributed by atoms with van der Waals surface area (Å²) in [6.45, 7) is 0.710. The lowest BCUT2D eigenvalue weighted by molar-refractivity contribution is 0.466. The highest BCUT2D eigenvalue weighted by Gasteiger charge is 2.08. The highest BCUT2D eigenvalue weighted by Crippen LogP contribution is 2.29. The Morgan fingerprint density at radius 3 is 2.62 bits per heavy atom. The number of nitrogens with zero attached hydrogens (tertiary/aromatic N) is 1. The van der Waals surface area contributed by atoms with Crippen molar-refractivity contribution in [3.05, 3.63) is 64.8 Å². The van der Waals surface area contributed by atoms with Crippen molar-refractivity contribution in [3.8, 4) is 11.6 Å². The number of hydrogen-bond donors (Lipinski definition) is 1. The molecule has 3 nitrogen and oxygen atoms in total. The molecule has 0 aliphatic carbocycles. The smallest absolute Gasteiger partial charge is 0.227 e. The summed E-state index contributed by atoms with van der Waals surface area (Å²) in [5.41, 5.74) is 0.961. The van der Waals surface area contributed by atoms with Crippen molar-refractivity contribution in [1.29, 1.82) is 0 Å². The Hall–Kier alpha value is -1.91. The summed E-state index contributed by atoms with van der Waals surface area (Å²) < 4.78 is 7.00. The SMILES string of the molecule is CNCc1cc2ccccc2c(Oc2ccc(Br)cc2)n1. The summed E-state index contributed by atoms with van der Waals surface area (Å²) in [7, 11) is 1.91. The lowest BCUT2D eigenvalue weighted by Crippen LogP contribution is -2.07. The molecule has 1 aromatic heterocycles. The molecule has 0 spiro atoms. The minimum Gasteiger partial charge on any atom is -0.438 e. The van der Waals surface area contributed by atoms with Gasteiger partial charge in [0.05, 0.1) is 5.69 Å². The zero-order valence-corrected chi connectivity index (χ0v) is 13.2. The quantitative estimate of drug-likeness (QED) is 0.757. The average Bonchev–Trinajstić information content (AvgIpc) is 2.50. The van der Waals surface area contributed by atoms with Crippen LogP contribution in [0.1, 0.15) is 5.69 Å². The molecule has 0 saturated heterocycles. The maximum atomic E-state index is 5.97. The van der Waals surface area contributed by atoms with Crippen LogP contribution in [0.3, 0.4) is 0 Å². The zero-order chi connectivity index (χ0) is 14.7. The van der Waals surface area contributed by atoms with Crippen LogP contribution in [0.5, 0.6) is 11.6 Å². The fraction of sp³-hybridized carbons (Fsp3) is 0.118. The van der Waals surface area contributed by atoms with Gasteiger partial charge in [-0.05, 0) is 48.8 Å². The molecule has 4 heteroatoms. The summed E-state index contributed by atoms with van der Waals surface area (Å²) in [5.74, 6) is 1.41. The third-order valence-electron chi connectivity index (χ3n) is 3.14. The van der Waals surface area contributed by atoms with Gasteiger partial charge in [0.1, 0.15) is 5.75 Å². The van der Waals surface area contributed by atoms with Gasteiger partial charge in [0.2, 0.25) is 5.88 Å². The molecule has 0 aliphatic rings. The van der Waals surface area contributed by atoms with E-state index in [-0.39, 0.29) is 0 Å². The molecule has 21 heavy (non-hydrogen) atoms. The van der Waals surface area contributed by atoms with Crippen LogP contribution in [0.15, 0.2) is 59.1 Å². The van der Waals surface area contributed by atoms with Crippen LogP contribution in [0, 0.1) is 0 Å². The van der Waals surface area contributed by atoms with E-state index in [1.165, 1.54) is 0 Å². The molecule has 0 atom stereocenters. The van der Waals surface area contributed by atoms with Crippen molar-refractivity contribution in [3.63, 3.8) is 0 Å². The zero-order valence-electron chi connectivity index (χ0n) is 11.6. The van der Waals surface area contributed by atoms with E-state index in [1.807, 2.05) is 49.5 Å². The molecule has 0 aliphatic heterocycles. The third-order valence-corrected chi connectivity index (χ3v) is 3.67. The number of benzene rings is 2. The van der Waals surface area contributed by atoms with E-state index in [1.54, 1.807) is 0 Å². The van der Waals surface area contributed by atoms with Gasteiger partial charge in [-0.25, -0.2) is 4.98 Å². The van der Waals surface area contributed by atoms with Gasteiger partial charge in [0, 0.05) is 16.4 Å². The van der Waals surface area contributed by atoms with Crippen molar-refractivity contribution in [1.82, 2.24) is 10.3 Å². The van der Waals surface area contributed by atoms with Gasteiger partial charge in [0.15, 0.2) is 0 Å². The van der Waals surface area contributed by atoms with Gasteiger partial charge in [-0.15, -0.1) is 0 Å². The Balaban J connectivity index is 2.04. The molecule has 3 rings (SSSR count). The van der Waals surface area contributed by atoms with Crippen LogP contribution >= 0.6 is 15.9 Å². The van der Waals surface area contributed by atoms with Crippen molar-refractivity contribution in [2.75, 3.05) is 7.05 Å². The summed E-state index contributed by atoms with van der Waals surface area (Å²) in [4.78, 5) is 4.61. The minimum absolute atomic E-state index is 0.640. The van der Waals surface area contributed by atoms with Crippen molar-refractivity contribution < 1.29 is 4.74 Å². The van der Waals surface area contributed by atoms with Crippen molar-refractivity contribution in [2.45, 2.75) is 6.54 Å². The summed E-state index contributed by atoms with van der Waals surface area (Å²) in [5, 5.41) is 5.27. The van der Waals surface area contributed by atoms with E-state index in [9.17, 15) is 0 Å². The van der Waals surface area contributed by atoms with Crippen LogP contribution in [0.2, 0.25) is 0 Å². The van der Waals surface area contributed by atoms with Gasteiger partial charge in [-0.3, -0.25) is 0 Å². The lowest BCUT2D eigenvalue weighted by Gasteiger charge is -2.10. The number of ether oxygens (including phenoxy) is 1. The molecule has 2 aromatic carbocycles. The average molecular weight is 343 g/mol. The number of rotatable bonds is 4. The molecule has 1 N–H and O–H groups in total. The van der Waals surface area contributed by atoms with E-state index >= 15 is 0 Å². The Kier molecular flexibility index (Phi) is 4.18. The van der Waals surface area contributed by atoms with Crippen LogP contribution in [0.4, 0.5) is 0 Å². The molecule has 0 fully saturated rings. The molecule has 0 bridgehead atoms. The third kappa shape index (κ3) is 3.23. The van der Waals surface area contributed by atoms with Crippen LogP contribution < -0.4 is 10.1 Å². The van der Waals surface area contributed by atoms with Gasteiger partial charge in [-0.1, -0.05) is 34.1 Å². The molecule has 1 heterocycles. The van der Waals surface area contributed by atoms with E-state index < -0.39 is 0 Å². The van der Waals surface area contributed by atoms with E-state index in [4.69, 9.17) is 4.74 Å². The molecule has 0 unspecified atom stereocenters. The number of hydrogen-bond acceptors (Lipinski definition) is 3. The highest BCUT2D eigenvalue weighted by atomic mass is 79.9. The number of halogens is 1. The second-order valence-corrected chi connectivity index (χ2v) is 5.64. The molecule has 0 radical (unpaired) electrons. The molecule has 0 amide bonds. The normalized spacial score (nSPS) is 10.8. The fourth-order valence-electron chi connectivity index (χ4n) is 2.18. The Bertz CT molecular complexity index is 756. The largest absolute Gasteiger partial charge is 0.438 e. The number of aromatic nitrogens is 1. The number of pyridine rings is 1. The van der Waals surface area contributed by atoms with Gasteiger partial charge in [0.25, 0.3) is 0 Å². The number of nitrogens with one attached hydrogen (secondary N) is 1. The van der Waals surface area contributed by atoms with Gasteiger partial charge >= 0.3 is 0 Å². The van der Waals surface area contributed by atoms with Crippen LogP contribution in [0.25, 0.3) is 10.8 Å². The van der Waals surface area contributed by atoms with Gasteiger partial charge in [-0.2, -0.15) is 0 Å². The van der Waals surface area contributed by atoms with Crippen LogP contribution in [-0.4, -0.2) is 12.0 Å². The first-order valence-electron chi connectivity index (χ1n) is 6.73. The molecule has 0 saturated carbocycles. The minimum atomic E-state index is 0.640. The molecule has 3 aromatic rings. The van der Waals surface area contributed by atoms with Gasteiger partial charge < -0.3 is 10.1 Å². The fourth-order valence-corrected chi connectivity index (χ4v) is 2.45. The highest BCUT2D eigenvalue weighted by molar-refractivity contribution is 9.10. The summed E-state index contributed by atoms with van der Waals surface area (Å²) >= 11 is 3.42. The van der Waals surface area contributed by atoms with E-state index in [0.29, 0.717) is 12.4 Å². The first-order chi connectivity index (χ1) is 10.3. The first-order valence-corrected chi connectivity index (χ1v) is 7.52. The second kappa shape index (κ2) is 6.24. The first kappa shape index (κ1) is 14.0. The lowest BCUT2D eigenvalue weighted by atomic mass is 10.1. The topological polar surface area (TPSA) is 34.1 Å². The monoisotopic (exact) mass is 342 g/mol. The Labute approximate surface area is 132 Å². The Morgan fingerprint density at radius 2 is 1.86 bits per heavy atom. The summed E-state index contributed by atoms with van der Waals surface area (Å²) in [6, 6.07) is 18.0. The van der Waals surface area contributed by atoms with Crippen LogP contribution in [-0.2, 0) is 6.54 Å². The van der Waals surface area contributed by atoms with E-state index in [0.717, 1.165) is 26.7 Å². The maximum Gasteiger partial charge on any atom is 0.227 e. The van der Waals surface area contributed by atoms with Crippen molar-refractivity contribution >= 4 is 26.7 Å². The molecular formula is C17H15BrN2O.